The van der Waals surface area contributed by atoms with E-state index < -0.39 is 21.8 Å². The molecule has 0 bridgehead atoms. The van der Waals surface area contributed by atoms with Gasteiger partial charge in [0.25, 0.3) is 0 Å². The molecule has 0 aromatic heterocycles. The molecule has 156 valence electrons. The Balaban J connectivity index is 1.70. The number of carbonyl (C=O) groups is 1. The molecule has 0 saturated carbocycles. The van der Waals surface area contributed by atoms with E-state index in [1.807, 2.05) is 32.0 Å². The Labute approximate surface area is 172 Å². The minimum atomic E-state index is -3.58. The van der Waals surface area contributed by atoms with Gasteiger partial charge in [-0.05, 0) is 55.0 Å². The molecule has 1 atom stereocenters. The molecule has 7 heteroatoms. The fraction of sp³-hybridized carbons (Fsp3) is 0.409. The maximum absolute atomic E-state index is 13.1. The van der Waals surface area contributed by atoms with E-state index in [0.29, 0.717) is 24.9 Å². The first-order valence-electron chi connectivity index (χ1n) is 9.91. The van der Waals surface area contributed by atoms with Gasteiger partial charge in [0, 0.05) is 18.8 Å². The number of amides is 1. The molecule has 1 heterocycles. The third-order valence-electron chi connectivity index (χ3n) is 5.40. The Morgan fingerprint density at radius 1 is 1.21 bits per heavy atom. The van der Waals surface area contributed by atoms with E-state index in [1.54, 1.807) is 0 Å². The number of rotatable bonds is 6. The van der Waals surface area contributed by atoms with Crippen LogP contribution < -0.4 is 5.32 Å². The van der Waals surface area contributed by atoms with E-state index in [2.05, 4.69) is 5.32 Å². The van der Waals surface area contributed by atoms with E-state index in [1.165, 1.54) is 28.6 Å². The normalized spacial score (nSPS) is 17.8. The Morgan fingerprint density at radius 3 is 2.62 bits per heavy atom. The second-order valence-electron chi connectivity index (χ2n) is 7.53. The monoisotopic (exact) mass is 418 g/mol. The molecule has 1 amide bonds. The lowest BCUT2D eigenvalue weighted by atomic mass is 9.98. The zero-order chi connectivity index (χ0) is 21.0. The second kappa shape index (κ2) is 9.05. The highest BCUT2D eigenvalue weighted by atomic mass is 32.2. The van der Waals surface area contributed by atoms with E-state index in [9.17, 15) is 17.6 Å². The summed E-state index contributed by atoms with van der Waals surface area (Å²) in [5.41, 5.74) is 3.42. The molecule has 3 rings (SSSR count). The average Bonchev–Trinajstić information content (AvgIpc) is 2.71. The van der Waals surface area contributed by atoms with Crippen LogP contribution in [0.1, 0.15) is 36.5 Å². The molecule has 0 radical (unpaired) electrons. The number of para-hydroxylation sites is 1. The zero-order valence-corrected chi connectivity index (χ0v) is 17.6. The number of aryl methyl sites for hydroxylation is 2. The SMILES string of the molecule is CCc1cccc(C)c1NC(=O)C1CCCN(S(=O)(=O)Cc2ccc(F)cc2)C1. The first-order chi connectivity index (χ1) is 13.8. The Hall–Kier alpha value is -2.25. The van der Waals surface area contributed by atoms with Crippen LogP contribution in [0.5, 0.6) is 0 Å². The summed E-state index contributed by atoms with van der Waals surface area (Å²) < 4.78 is 40.1. The molecular formula is C22H27FN2O3S. The van der Waals surface area contributed by atoms with E-state index in [0.717, 1.165) is 23.2 Å². The van der Waals surface area contributed by atoms with Gasteiger partial charge in [-0.15, -0.1) is 0 Å². The van der Waals surface area contributed by atoms with Crippen molar-refractivity contribution in [3.8, 4) is 0 Å². The third kappa shape index (κ3) is 5.22. The topological polar surface area (TPSA) is 66.5 Å². The highest BCUT2D eigenvalue weighted by molar-refractivity contribution is 7.88. The number of anilines is 1. The quantitative estimate of drug-likeness (QED) is 0.774. The Bertz CT molecular complexity index is 974. The summed E-state index contributed by atoms with van der Waals surface area (Å²) in [6.45, 7) is 4.56. The summed E-state index contributed by atoms with van der Waals surface area (Å²) in [5, 5.41) is 3.03. The lowest BCUT2D eigenvalue weighted by molar-refractivity contribution is -0.120. The molecule has 2 aromatic rings. The van der Waals surface area contributed by atoms with E-state index in [4.69, 9.17) is 0 Å². The summed E-state index contributed by atoms with van der Waals surface area (Å²) in [7, 11) is -3.58. The van der Waals surface area contributed by atoms with Gasteiger partial charge < -0.3 is 5.32 Å². The predicted octanol–water partition coefficient (Wildman–Crippen LogP) is 3.88. The number of nitrogens with one attached hydrogen (secondary N) is 1. The van der Waals surface area contributed by atoms with Crippen LogP contribution in [0.15, 0.2) is 42.5 Å². The smallest absolute Gasteiger partial charge is 0.228 e. The van der Waals surface area contributed by atoms with Crippen LogP contribution in [-0.4, -0.2) is 31.7 Å². The fourth-order valence-corrected chi connectivity index (χ4v) is 5.33. The van der Waals surface area contributed by atoms with Crippen molar-refractivity contribution >= 4 is 21.6 Å². The van der Waals surface area contributed by atoms with Crippen molar-refractivity contribution in [3.05, 3.63) is 65.0 Å². The van der Waals surface area contributed by atoms with Crippen molar-refractivity contribution in [2.75, 3.05) is 18.4 Å². The van der Waals surface area contributed by atoms with Gasteiger partial charge >= 0.3 is 0 Å². The average molecular weight is 419 g/mol. The molecular weight excluding hydrogens is 391 g/mol. The van der Waals surface area contributed by atoms with Crippen LogP contribution in [-0.2, 0) is 27.0 Å². The molecule has 1 saturated heterocycles. The van der Waals surface area contributed by atoms with Gasteiger partial charge in [-0.3, -0.25) is 4.79 Å². The summed E-state index contributed by atoms with van der Waals surface area (Å²) in [5.74, 6) is -1.13. The van der Waals surface area contributed by atoms with Crippen LogP contribution in [0.2, 0.25) is 0 Å². The molecule has 1 fully saturated rings. The van der Waals surface area contributed by atoms with Crippen molar-refractivity contribution < 1.29 is 17.6 Å². The fourth-order valence-electron chi connectivity index (χ4n) is 3.72. The first kappa shape index (κ1) is 21.5. The van der Waals surface area contributed by atoms with Gasteiger partial charge in [0.1, 0.15) is 5.82 Å². The number of hydrogen-bond donors (Lipinski definition) is 1. The lowest BCUT2D eigenvalue weighted by Gasteiger charge is -2.31. The van der Waals surface area contributed by atoms with Crippen LogP contribution in [0.25, 0.3) is 0 Å². The van der Waals surface area contributed by atoms with Crippen molar-refractivity contribution in [2.24, 2.45) is 5.92 Å². The van der Waals surface area contributed by atoms with Crippen molar-refractivity contribution in [2.45, 2.75) is 38.9 Å². The van der Waals surface area contributed by atoms with Gasteiger partial charge in [-0.25, -0.2) is 17.1 Å². The molecule has 1 unspecified atom stereocenters. The standard InChI is InChI=1S/C22H27FN2O3S/c1-3-18-7-4-6-16(2)21(18)24-22(26)19-8-5-13-25(14-19)29(27,28)15-17-9-11-20(23)12-10-17/h4,6-7,9-12,19H,3,5,8,13-15H2,1-2H3,(H,24,26). The lowest BCUT2D eigenvalue weighted by Crippen LogP contribution is -2.44. The number of piperidine rings is 1. The molecule has 1 N–H and O–H groups in total. The minimum absolute atomic E-state index is 0.143. The van der Waals surface area contributed by atoms with Gasteiger partial charge in [-0.2, -0.15) is 0 Å². The highest BCUT2D eigenvalue weighted by Gasteiger charge is 2.32. The summed E-state index contributed by atoms with van der Waals surface area (Å²) in [6, 6.07) is 11.4. The number of benzene rings is 2. The van der Waals surface area contributed by atoms with E-state index >= 15 is 0 Å². The number of carbonyl (C=O) groups excluding carboxylic acids is 1. The molecule has 0 spiro atoms. The summed E-state index contributed by atoms with van der Waals surface area (Å²) >= 11 is 0. The van der Waals surface area contributed by atoms with E-state index in [-0.39, 0.29) is 18.2 Å². The zero-order valence-electron chi connectivity index (χ0n) is 16.8. The van der Waals surface area contributed by atoms with Crippen molar-refractivity contribution in [1.82, 2.24) is 4.31 Å². The maximum atomic E-state index is 13.1. The predicted molar refractivity (Wildman–Crippen MR) is 113 cm³/mol. The third-order valence-corrected chi connectivity index (χ3v) is 7.22. The van der Waals surface area contributed by atoms with Gasteiger partial charge in [0.2, 0.25) is 15.9 Å². The second-order valence-corrected chi connectivity index (χ2v) is 9.50. The van der Waals surface area contributed by atoms with Crippen molar-refractivity contribution in [1.29, 1.82) is 0 Å². The first-order valence-corrected chi connectivity index (χ1v) is 11.5. The largest absolute Gasteiger partial charge is 0.325 e. The molecule has 2 aromatic carbocycles. The summed E-state index contributed by atoms with van der Waals surface area (Å²) in [4.78, 5) is 12.9. The summed E-state index contributed by atoms with van der Waals surface area (Å²) in [6.07, 6.45) is 2.09. The minimum Gasteiger partial charge on any atom is -0.325 e. The Kier molecular flexibility index (Phi) is 6.70. The molecule has 29 heavy (non-hydrogen) atoms. The van der Waals surface area contributed by atoms with Gasteiger partial charge in [-0.1, -0.05) is 37.3 Å². The molecule has 1 aliphatic rings. The molecule has 5 nitrogen and oxygen atoms in total. The Morgan fingerprint density at radius 2 is 1.93 bits per heavy atom. The van der Waals surface area contributed by atoms with Crippen LogP contribution in [0, 0.1) is 18.7 Å². The van der Waals surface area contributed by atoms with Crippen LogP contribution >= 0.6 is 0 Å². The number of halogens is 1. The van der Waals surface area contributed by atoms with Crippen LogP contribution in [0.4, 0.5) is 10.1 Å². The number of nitrogens with zero attached hydrogens (tertiary/aromatic N) is 1. The number of sulfonamides is 1. The van der Waals surface area contributed by atoms with Crippen molar-refractivity contribution in [3.63, 3.8) is 0 Å². The maximum Gasteiger partial charge on any atom is 0.228 e. The van der Waals surface area contributed by atoms with Gasteiger partial charge in [0.05, 0.1) is 11.7 Å². The highest BCUT2D eigenvalue weighted by Crippen LogP contribution is 2.26. The van der Waals surface area contributed by atoms with Gasteiger partial charge in [0.15, 0.2) is 0 Å². The molecule has 0 aliphatic carbocycles. The molecule has 1 aliphatic heterocycles. The number of hydrogen-bond acceptors (Lipinski definition) is 3. The van der Waals surface area contributed by atoms with Crippen LogP contribution in [0.3, 0.4) is 0 Å².